The lowest BCUT2D eigenvalue weighted by molar-refractivity contribution is 0.0954. The molecule has 0 radical (unpaired) electrons. The third-order valence-electron chi connectivity index (χ3n) is 4.58. The monoisotopic (exact) mass is 441 g/mol. The van der Waals surface area contributed by atoms with Crippen LogP contribution in [-0.4, -0.2) is 26.7 Å². The van der Waals surface area contributed by atoms with Gasteiger partial charge in [-0.25, -0.2) is 0 Å². The molecule has 156 valence electrons. The number of methoxy groups -OCH3 is 2. The van der Waals surface area contributed by atoms with E-state index in [-0.39, 0.29) is 5.91 Å². The molecule has 0 aliphatic rings. The lowest BCUT2D eigenvalue weighted by Crippen LogP contribution is -2.25. The molecular formula is C24H24ClNO3S. The van der Waals surface area contributed by atoms with Crippen molar-refractivity contribution in [2.75, 3.05) is 20.8 Å². The van der Waals surface area contributed by atoms with Gasteiger partial charge in [0.15, 0.2) is 11.5 Å². The van der Waals surface area contributed by atoms with Crippen LogP contribution in [-0.2, 0) is 12.2 Å². The van der Waals surface area contributed by atoms with Gasteiger partial charge in [-0.3, -0.25) is 4.79 Å². The SMILES string of the molecule is COc1ccc(CCNC(=O)c2ccc(CSc3ccc(Cl)cc3)cc2)cc1OC. The average Bonchev–Trinajstić information content (AvgIpc) is 2.78. The predicted molar refractivity (Wildman–Crippen MR) is 123 cm³/mol. The minimum absolute atomic E-state index is 0.0765. The molecule has 0 unspecified atom stereocenters. The summed E-state index contributed by atoms with van der Waals surface area (Å²) in [5.41, 5.74) is 2.89. The molecule has 0 fully saturated rings. The number of halogens is 1. The van der Waals surface area contributed by atoms with Crippen molar-refractivity contribution >= 4 is 29.3 Å². The molecule has 3 rings (SSSR count). The summed E-state index contributed by atoms with van der Waals surface area (Å²) in [6.07, 6.45) is 0.710. The summed E-state index contributed by atoms with van der Waals surface area (Å²) in [7, 11) is 3.22. The highest BCUT2D eigenvalue weighted by molar-refractivity contribution is 7.98. The predicted octanol–water partition coefficient (Wildman–Crippen LogP) is 5.62. The Morgan fingerprint density at radius 3 is 2.23 bits per heavy atom. The molecule has 4 nitrogen and oxygen atoms in total. The lowest BCUT2D eigenvalue weighted by Gasteiger charge is -2.10. The summed E-state index contributed by atoms with van der Waals surface area (Å²) in [5, 5.41) is 3.70. The van der Waals surface area contributed by atoms with Gasteiger partial charge < -0.3 is 14.8 Å². The van der Waals surface area contributed by atoms with Gasteiger partial charge in [0.05, 0.1) is 14.2 Å². The van der Waals surface area contributed by atoms with Crippen molar-refractivity contribution in [1.29, 1.82) is 0 Å². The summed E-state index contributed by atoms with van der Waals surface area (Å²) >= 11 is 7.65. The maximum atomic E-state index is 12.4. The molecule has 0 aliphatic heterocycles. The number of hydrogen-bond donors (Lipinski definition) is 1. The number of nitrogens with one attached hydrogen (secondary N) is 1. The Hall–Kier alpha value is -2.63. The third-order valence-corrected chi connectivity index (χ3v) is 5.92. The first-order valence-corrected chi connectivity index (χ1v) is 10.9. The third kappa shape index (κ3) is 6.18. The molecular weight excluding hydrogens is 418 g/mol. The summed E-state index contributed by atoms with van der Waals surface area (Å²) in [5.74, 6) is 2.14. The quantitative estimate of drug-likeness (QED) is 0.437. The molecule has 3 aromatic carbocycles. The van der Waals surface area contributed by atoms with Gasteiger partial charge in [0.25, 0.3) is 5.91 Å². The Kier molecular flexibility index (Phi) is 8.05. The molecule has 0 spiro atoms. The summed E-state index contributed by atoms with van der Waals surface area (Å²) in [6, 6.07) is 21.3. The Labute approximate surface area is 186 Å². The minimum atomic E-state index is -0.0765. The Morgan fingerprint density at radius 2 is 1.57 bits per heavy atom. The zero-order chi connectivity index (χ0) is 21.3. The van der Waals surface area contributed by atoms with E-state index in [1.807, 2.05) is 66.7 Å². The topological polar surface area (TPSA) is 47.6 Å². The number of carbonyl (C=O) groups excluding carboxylic acids is 1. The van der Waals surface area contributed by atoms with Gasteiger partial charge in [-0.1, -0.05) is 29.8 Å². The van der Waals surface area contributed by atoms with E-state index >= 15 is 0 Å². The first-order chi connectivity index (χ1) is 14.6. The van der Waals surface area contributed by atoms with E-state index in [0.29, 0.717) is 30.0 Å². The molecule has 0 atom stereocenters. The van der Waals surface area contributed by atoms with Crippen molar-refractivity contribution < 1.29 is 14.3 Å². The van der Waals surface area contributed by atoms with Gasteiger partial charge in [0, 0.05) is 27.8 Å². The molecule has 6 heteroatoms. The zero-order valence-corrected chi connectivity index (χ0v) is 18.6. The van der Waals surface area contributed by atoms with Gasteiger partial charge >= 0.3 is 0 Å². The zero-order valence-electron chi connectivity index (χ0n) is 17.0. The molecule has 0 saturated heterocycles. The first-order valence-electron chi connectivity index (χ1n) is 9.55. The van der Waals surface area contributed by atoms with Crippen molar-refractivity contribution in [2.45, 2.75) is 17.1 Å². The lowest BCUT2D eigenvalue weighted by atomic mass is 10.1. The highest BCUT2D eigenvalue weighted by atomic mass is 35.5. The standard InChI is InChI=1S/C24H24ClNO3S/c1-28-22-12-5-17(15-23(22)29-2)13-14-26-24(27)19-6-3-18(4-7-19)16-30-21-10-8-20(25)9-11-21/h3-12,15H,13-14,16H2,1-2H3,(H,26,27). The largest absolute Gasteiger partial charge is 0.493 e. The van der Waals surface area contributed by atoms with Crippen molar-refractivity contribution in [1.82, 2.24) is 5.32 Å². The fourth-order valence-corrected chi connectivity index (χ4v) is 3.89. The smallest absolute Gasteiger partial charge is 0.251 e. The van der Waals surface area contributed by atoms with Crippen LogP contribution in [0.4, 0.5) is 0 Å². The Morgan fingerprint density at radius 1 is 0.900 bits per heavy atom. The number of hydrogen-bond acceptors (Lipinski definition) is 4. The molecule has 0 heterocycles. The van der Waals surface area contributed by atoms with E-state index in [9.17, 15) is 4.79 Å². The van der Waals surface area contributed by atoms with Crippen molar-refractivity contribution in [3.05, 3.63) is 88.4 Å². The van der Waals surface area contributed by atoms with E-state index in [1.165, 1.54) is 0 Å². The van der Waals surface area contributed by atoms with Crippen LogP contribution in [0.3, 0.4) is 0 Å². The van der Waals surface area contributed by atoms with E-state index in [2.05, 4.69) is 5.32 Å². The number of rotatable bonds is 9. The van der Waals surface area contributed by atoms with Crippen LogP contribution in [0.1, 0.15) is 21.5 Å². The van der Waals surface area contributed by atoms with Gasteiger partial charge in [-0.15, -0.1) is 11.8 Å². The second-order valence-electron chi connectivity index (χ2n) is 6.63. The second-order valence-corrected chi connectivity index (χ2v) is 8.12. The number of thioether (sulfide) groups is 1. The van der Waals surface area contributed by atoms with Crippen LogP contribution < -0.4 is 14.8 Å². The highest BCUT2D eigenvalue weighted by Crippen LogP contribution is 2.27. The molecule has 0 bridgehead atoms. The number of carbonyl (C=O) groups is 1. The van der Waals surface area contributed by atoms with Gasteiger partial charge in [-0.2, -0.15) is 0 Å². The fourth-order valence-electron chi connectivity index (χ4n) is 2.91. The van der Waals surface area contributed by atoms with Gasteiger partial charge in [-0.05, 0) is 66.1 Å². The molecule has 1 N–H and O–H groups in total. The Bertz CT molecular complexity index is 975. The van der Waals surface area contributed by atoms with Gasteiger partial charge in [0.2, 0.25) is 0 Å². The maximum Gasteiger partial charge on any atom is 0.251 e. The number of ether oxygens (including phenoxy) is 2. The summed E-state index contributed by atoms with van der Waals surface area (Å²) < 4.78 is 10.6. The average molecular weight is 442 g/mol. The molecule has 0 aromatic heterocycles. The van der Waals surface area contributed by atoms with E-state index in [4.69, 9.17) is 21.1 Å². The second kappa shape index (κ2) is 11.0. The molecule has 1 amide bonds. The summed E-state index contributed by atoms with van der Waals surface area (Å²) in [4.78, 5) is 13.6. The Balaban J connectivity index is 1.48. The molecule has 3 aromatic rings. The van der Waals surface area contributed by atoms with Crippen LogP contribution in [0.25, 0.3) is 0 Å². The highest BCUT2D eigenvalue weighted by Gasteiger charge is 2.07. The van der Waals surface area contributed by atoms with Crippen LogP contribution in [0.5, 0.6) is 11.5 Å². The number of benzene rings is 3. The molecule has 0 saturated carbocycles. The van der Waals surface area contributed by atoms with Crippen LogP contribution in [0.15, 0.2) is 71.6 Å². The summed E-state index contributed by atoms with van der Waals surface area (Å²) in [6.45, 7) is 0.544. The van der Waals surface area contributed by atoms with Gasteiger partial charge in [0.1, 0.15) is 0 Å². The normalized spacial score (nSPS) is 10.5. The van der Waals surface area contributed by atoms with Crippen LogP contribution in [0, 0.1) is 0 Å². The van der Waals surface area contributed by atoms with Crippen LogP contribution >= 0.6 is 23.4 Å². The molecule has 30 heavy (non-hydrogen) atoms. The van der Waals surface area contributed by atoms with Crippen molar-refractivity contribution in [3.63, 3.8) is 0 Å². The van der Waals surface area contributed by atoms with Crippen molar-refractivity contribution in [2.24, 2.45) is 0 Å². The van der Waals surface area contributed by atoms with E-state index in [1.54, 1.807) is 26.0 Å². The minimum Gasteiger partial charge on any atom is -0.493 e. The number of amides is 1. The van der Waals surface area contributed by atoms with Crippen LogP contribution in [0.2, 0.25) is 5.02 Å². The molecule has 0 aliphatic carbocycles. The fraction of sp³-hybridized carbons (Fsp3) is 0.208. The first kappa shape index (κ1) is 22.1. The maximum absolute atomic E-state index is 12.4. The van der Waals surface area contributed by atoms with Crippen molar-refractivity contribution in [3.8, 4) is 11.5 Å². The van der Waals surface area contributed by atoms with E-state index < -0.39 is 0 Å². The van der Waals surface area contributed by atoms with E-state index in [0.717, 1.165) is 26.8 Å².